The van der Waals surface area contributed by atoms with Crippen molar-refractivity contribution in [1.82, 2.24) is 4.98 Å². The normalized spacial score (nSPS) is 9.33. The van der Waals surface area contributed by atoms with Crippen LogP contribution in [0, 0.1) is 12.3 Å². The van der Waals surface area contributed by atoms with Crippen molar-refractivity contribution in [2.24, 2.45) is 0 Å². The van der Waals surface area contributed by atoms with E-state index in [-0.39, 0.29) is 5.97 Å². The third-order valence-electron chi connectivity index (χ3n) is 1.88. The molecule has 1 aromatic heterocycles. The maximum atomic E-state index is 11.1. The molecule has 0 radical (unpaired) electrons. The number of terminal acetylenes is 1. The summed E-state index contributed by atoms with van der Waals surface area (Å²) >= 11 is 0. The summed E-state index contributed by atoms with van der Waals surface area (Å²) in [5, 5.41) is 0. The Hall–Kier alpha value is -1.82. The van der Waals surface area contributed by atoms with Gasteiger partial charge in [0.2, 0.25) is 0 Å². The molecular formula is C12H13NO2. The van der Waals surface area contributed by atoms with Gasteiger partial charge in [0, 0.05) is 23.9 Å². The lowest BCUT2D eigenvalue weighted by atomic mass is 10.2. The zero-order chi connectivity index (χ0) is 11.1. The smallest absolute Gasteiger partial charge is 0.306 e. The van der Waals surface area contributed by atoms with Gasteiger partial charge >= 0.3 is 5.97 Å². The maximum absolute atomic E-state index is 11.1. The number of ether oxygens (including phenoxy) is 1. The fourth-order valence-corrected chi connectivity index (χ4v) is 1.12. The van der Waals surface area contributed by atoms with Crippen molar-refractivity contribution >= 4 is 5.97 Å². The summed E-state index contributed by atoms with van der Waals surface area (Å²) in [5.74, 6) is 2.29. The molecule has 1 heterocycles. The van der Waals surface area contributed by atoms with E-state index in [2.05, 4.69) is 10.9 Å². The van der Waals surface area contributed by atoms with E-state index in [1.165, 1.54) is 0 Å². The average Bonchev–Trinajstić information content (AvgIpc) is 2.27. The molecule has 0 aliphatic heterocycles. The molecule has 0 saturated carbocycles. The minimum atomic E-state index is -0.194. The number of aromatic nitrogens is 1. The van der Waals surface area contributed by atoms with Gasteiger partial charge in [-0.3, -0.25) is 9.78 Å². The van der Waals surface area contributed by atoms with Gasteiger partial charge in [-0.25, -0.2) is 0 Å². The fraction of sp³-hybridized carbons (Fsp3) is 0.333. The first-order valence-corrected chi connectivity index (χ1v) is 4.83. The Morgan fingerprint density at radius 1 is 1.60 bits per heavy atom. The first kappa shape index (κ1) is 11.3. The molecule has 3 heteroatoms. The number of nitrogens with zero attached hydrogens (tertiary/aromatic N) is 1. The summed E-state index contributed by atoms with van der Waals surface area (Å²) in [6.07, 6.45) is 7.77. The van der Waals surface area contributed by atoms with E-state index in [1.54, 1.807) is 13.1 Å². The topological polar surface area (TPSA) is 39.2 Å². The Balaban J connectivity index is 2.45. The van der Waals surface area contributed by atoms with Crippen molar-refractivity contribution in [3.8, 4) is 12.3 Å². The maximum Gasteiger partial charge on any atom is 0.306 e. The van der Waals surface area contributed by atoms with Crippen LogP contribution < -0.4 is 0 Å². The van der Waals surface area contributed by atoms with Gasteiger partial charge in [0.1, 0.15) is 0 Å². The Bertz CT molecular complexity index is 362. The first-order valence-electron chi connectivity index (χ1n) is 4.83. The highest BCUT2D eigenvalue weighted by atomic mass is 16.5. The van der Waals surface area contributed by atoms with Crippen molar-refractivity contribution in [3.63, 3.8) is 0 Å². The number of rotatable bonds is 4. The molecule has 3 nitrogen and oxygen atoms in total. The summed E-state index contributed by atoms with van der Waals surface area (Å²) in [7, 11) is 0. The molecule has 0 atom stereocenters. The fourth-order valence-electron chi connectivity index (χ4n) is 1.12. The third kappa shape index (κ3) is 3.82. The predicted molar refractivity (Wildman–Crippen MR) is 57.1 cm³/mol. The molecule has 0 aliphatic rings. The van der Waals surface area contributed by atoms with E-state index in [0.29, 0.717) is 19.4 Å². The average molecular weight is 203 g/mol. The molecule has 0 unspecified atom stereocenters. The Morgan fingerprint density at radius 3 is 2.93 bits per heavy atom. The van der Waals surface area contributed by atoms with Crippen molar-refractivity contribution in [1.29, 1.82) is 0 Å². The monoisotopic (exact) mass is 203 g/mol. The van der Waals surface area contributed by atoms with Gasteiger partial charge in [0.05, 0.1) is 13.0 Å². The summed E-state index contributed by atoms with van der Waals surface area (Å²) < 4.78 is 4.81. The molecule has 0 N–H and O–H groups in total. The van der Waals surface area contributed by atoms with Gasteiger partial charge < -0.3 is 4.74 Å². The van der Waals surface area contributed by atoms with E-state index in [1.807, 2.05) is 12.1 Å². The van der Waals surface area contributed by atoms with Crippen LogP contribution in [-0.2, 0) is 16.0 Å². The zero-order valence-electron chi connectivity index (χ0n) is 8.69. The van der Waals surface area contributed by atoms with Crippen molar-refractivity contribution in [2.75, 3.05) is 6.61 Å². The van der Waals surface area contributed by atoms with Gasteiger partial charge in [-0.15, -0.1) is 6.42 Å². The Morgan fingerprint density at radius 2 is 2.40 bits per heavy atom. The second-order valence-corrected chi connectivity index (χ2v) is 2.99. The summed E-state index contributed by atoms with van der Waals surface area (Å²) in [6, 6.07) is 3.64. The van der Waals surface area contributed by atoms with Gasteiger partial charge in [-0.05, 0) is 19.1 Å². The van der Waals surface area contributed by atoms with Gasteiger partial charge in [-0.1, -0.05) is 5.92 Å². The molecular weight excluding hydrogens is 190 g/mol. The van der Waals surface area contributed by atoms with Gasteiger partial charge in [0.15, 0.2) is 0 Å². The molecule has 1 rings (SSSR count). The summed E-state index contributed by atoms with van der Waals surface area (Å²) in [4.78, 5) is 15.2. The molecule has 15 heavy (non-hydrogen) atoms. The number of aryl methyl sites for hydroxylation is 1. The molecule has 0 fully saturated rings. The number of pyridine rings is 1. The highest BCUT2D eigenvalue weighted by molar-refractivity contribution is 5.69. The lowest BCUT2D eigenvalue weighted by Gasteiger charge is -2.01. The van der Waals surface area contributed by atoms with Crippen LogP contribution in [0.5, 0.6) is 0 Å². The molecule has 0 saturated heterocycles. The van der Waals surface area contributed by atoms with Crippen LogP contribution in [0.25, 0.3) is 0 Å². The Kier molecular flexibility index (Phi) is 4.36. The second kappa shape index (κ2) is 5.82. The summed E-state index contributed by atoms with van der Waals surface area (Å²) in [6.45, 7) is 2.21. The molecule has 0 bridgehead atoms. The number of hydrogen-bond acceptors (Lipinski definition) is 3. The SMILES string of the molecule is C#Cc1ccc(CCC(=O)OCC)nc1. The quantitative estimate of drug-likeness (QED) is 0.550. The number of carbonyl (C=O) groups is 1. The molecule has 0 aromatic carbocycles. The molecule has 78 valence electrons. The van der Waals surface area contributed by atoms with Crippen molar-refractivity contribution in [3.05, 3.63) is 29.6 Å². The predicted octanol–water partition coefficient (Wildman–Crippen LogP) is 1.56. The number of carbonyl (C=O) groups excluding carboxylic acids is 1. The number of esters is 1. The van der Waals surface area contributed by atoms with Crippen LogP contribution in [0.15, 0.2) is 18.3 Å². The van der Waals surface area contributed by atoms with Crippen LogP contribution in [0.3, 0.4) is 0 Å². The van der Waals surface area contributed by atoms with Crippen LogP contribution in [0.2, 0.25) is 0 Å². The molecule has 0 aliphatic carbocycles. The third-order valence-corrected chi connectivity index (χ3v) is 1.88. The largest absolute Gasteiger partial charge is 0.466 e. The molecule has 0 spiro atoms. The van der Waals surface area contributed by atoms with E-state index in [4.69, 9.17) is 11.2 Å². The van der Waals surface area contributed by atoms with Crippen molar-refractivity contribution in [2.45, 2.75) is 19.8 Å². The van der Waals surface area contributed by atoms with Gasteiger partial charge in [-0.2, -0.15) is 0 Å². The van der Waals surface area contributed by atoms with Crippen LogP contribution in [0.4, 0.5) is 0 Å². The zero-order valence-corrected chi connectivity index (χ0v) is 8.69. The van der Waals surface area contributed by atoms with Gasteiger partial charge in [0.25, 0.3) is 0 Å². The highest BCUT2D eigenvalue weighted by Crippen LogP contribution is 2.02. The second-order valence-electron chi connectivity index (χ2n) is 2.99. The van der Waals surface area contributed by atoms with E-state index < -0.39 is 0 Å². The van der Waals surface area contributed by atoms with Crippen LogP contribution >= 0.6 is 0 Å². The first-order chi connectivity index (χ1) is 7.26. The van der Waals surface area contributed by atoms with E-state index >= 15 is 0 Å². The highest BCUT2D eigenvalue weighted by Gasteiger charge is 2.02. The lowest BCUT2D eigenvalue weighted by Crippen LogP contribution is -2.05. The summed E-state index contributed by atoms with van der Waals surface area (Å²) in [5.41, 5.74) is 1.59. The lowest BCUT2D eigenvalue weighted by molar-refractivity contribution is -0.143. The number of hydrogen-bond donors (Lipinski definition) is 0. The molecule has 0 amide bonds. The minimum absolute atomic E-state index is 0.194. The van der Waals surface area contributed by atoms with Crippen molar-refractivity contribution < 1.29 is 9.53 Å². The van der Waals surface area contributed by atoms with Crippen LogP contribution in [-0.4, -0.2) is 17.6 Å². The Labute approximate surface area is 89.5 Å². The van der Waals surface area contributed by atoms with E-state index in [0.717, 1.165) is 11.3 Å². The molecule has 1 aromatic rings. The standard InChI is InChI=1S/C12H13NO2/c1-3-10-5-6-11(13-9-10)7-8-12(14)15-4-2/h1,5-6,9H,4,7-8H2,2H3. The van der Waals surface area contributed by atoms with Crippen LogP contribution in [0.1, 0.15) is 24.6 Å². The minimum Gasteiger partial charge on any atom is -0.466 e. The van der Waals surface area contributed by atoms with E-state index in [9.17, 15) is 4.79 Å².